The average Bonchev–Trinajstić information content (AvgIpc) is 2.78. The van der Waals surface area contributed by atoms with Gasteiger partial charge in [0.05, 0.1) is 0 Å². The number of aryl methyl sites for hydroxylation is 4. The lowest BCUT2D eigenvalue weighted by Crippen LogP contribution is -1.91. The Morgan fingerprint density at radius 3 is 0.742 bits per heavy atom. The van der Waals surface area contributed by atoms with Gasteiger partial charge in [0, 0.05) is 11.1 Å². The Balaban J connectivity index is 2.04. The average molecular weight is 401 g/mol. The van der Waals surface area contributed by atoms with Crippen LogP contribution in [-0.4, -0.2) is 0 Å². The van der Waals surface area contributed by atoms with Crippen LogP contribution < -0.4 is 0 Å². The molecule has 0 heterocycles. The lowest BCUT2D eigenvalue weighted by molar-refractivity contribution is 1.42. The summed E-state index contributed by atoms with van der Waals surface area (Å²) >= 11 is 0. The second-order valence-corrected chi connectivity index (χ2v) is 8.34. The molecule has 0 atom stereocenters. The predicted molar refractivity (Wildman–Crippen MR) is 133 cm³/mol. The number of hydrogen-bond acceptors (Lipinski definition) is 0. The maximum atomic E-state index is 3.83. The summed E-state index contributed by atoms with van der Waals surface area (Å²) < 4.78 is 0. The summed E-state index contributed by atoms with van der Waals surface area (Å²) in [4.78, 5) is 0. The summed E-state index contributed by atoms with van der Waals surface area (Å²) in [5.74, 6) is 0. The summed E-state index contributed by atoms with van der Waals surface area (Å²) in [5.41, 5.74) is 15.8. The highest BCUT2D eigenvalue weighted by Gasteiger charge is 2.09. The van der Waals surface area contributed by atoms with Gasteiger partial charge in [0.1, 0.15) is 0 Å². The molecule has 0 fully saturated rings. The molecule has 0 amide bonds. The first-order valence-electron chi connectivity index (χ1n) is 10.8. The molecule has 0 radical (unpaired) electrons. The molecule has 0 aliphatic carbocycles. The molecule has 4 rings (SSSR count). The highest BCUT2D eigenvalue weighted by atomic mass is 14.1. The fourth-order valence-corrected chi connectivity index (χ4v) is 3.63. The normalized spacial score (nSPS) is 10.5. The Bertz CT molecular complexity index is 1030. The molecule has 0 nitrogen and oxygen atoms in total. The molecular weight excluding hydrogens is 372 g/mol. The zero-order valence-electron chi connectivity index (χ0n) is 18.7. The van der Waals surface area contributed by atoms with E-state index in [0.717, 1.165) is 11.1 Å². The van der Waals surface area contributed by atoms with Gasteiger partial charge in [-0.15, -0.1) is 5.73 Å². The van der Waals surface area contributed by atoms with Crippen LogP contribution in [-0.2, 0) is 0 Å². The SMILES string of the molecule is Cc1ccc(C(=C=C(c2ccc(C)cc2)c2ccc(C)cc2)c2ccc(C)cc2)cc1. The van der Waals surface area contributed by atoms with Crippen molar-refractivity contribution >= 4 is 11.1 Å². The molecule has 0 N–H and O–H groups in total. The summed E-state index contributed by atoms with van der Waals surface area (Å²) in [7, 11) is 0. The van der Waals surface area contributed by atoms with Crippen molar-refractivity contribution in [3.63, 3.8) is 0 Å². The molecule has 31 heavy (non-hydrogen) atoms. The second kappa shape index (κ2) is 9.04. The second-order valence-electron chi connectivity index (χ2n) is 8.34. The molecule has 0 saturated heterocycles. The molecule has 0 bridgehead atoms. The summed E-state index contributed by atoms with van der Waals surface area (Å²) in [6, 6.07) is 34.9. The first-order chi connectivity index (χ1) is 15.0. The van der Waals surface area contributed by atoms with Gasteiger partial charge in [-0.3, -0.25) is 0 Å². The van der Waals surface area contributed by atoms with Gasteiger partial charge in [-0.25, -0.2) is 0 Å². The third-order valence-electron chi connectivity index (χ3n) is 5.61. The molecular formula is C31H28. The molecule has 0 spiro atoms. The molecule has 4 aromatic rings. The van der Waals surface area contributed by atoms with Crippen molar-refractivity contribution < 1.29 is 0 Å². The van der Waals surface area contributed by atoms with E-state index in [0.29, 0.717) is 0 Å². The van der Waals surface area contributed by atoms with Crippen LogP contribution in [0.25, 0.3) is 11.1 Å². The zero-order valence-corrected chi connectivity index (χ0v) is 18.7. The summed E-state index contributed by atoms with van der Waals surface area (Å²) in [6.07, 6.45) is 0. The summed E-state index contributed by atoms with van der Waals surface area (Å²) in [5, 5.41) is 0. The van der Waals surface area contributed by atoms with E-state index in [1.54, 1.807) is 0 Å². The van der Waals surface area contributed by atoms with Crippen LogP contribution in [0.1, 0.15) is 44.5 Å². The van der Waals surface area contributed by atoms with Gasteiger partial charge >= 0.3 is 0 Å². The Morgan fingerprint density at radius 2 is 0.548 bits per heavy atom. The van der Waals surface area contributed by atoms with E-state index in [2.05, 4.69) is 130 Å². The van der Waals surface area contributed by atoms with Crippen molar-refractivity contribution in [1.29, 1.82) is 0 Å². The van der Waals surface area contributed by atoms with E-state index in [1.165, 1.54) is 44.5 Å². The number of hydrogen-bond donors (Lipinski definition) is 0. The molecule has 152 valence electrons. The molecule has 0 heteroatoms. The van der Waals surface area contributed by atoms with E-state index >= 15 is 0 Å². The Morgan fingerprint density at radius 1 is 0.355 bits per heavy atom. The predicted octanol–water partition coefficient (Wildman–Crippen LogP) is 8.08. The minimum absolute atomic E-state index is 1.11. The van der Waals surface area contributed by atoms with E-state index < -0.39 is 0 Å². The summed E-state index contributed by atoms with van der Waals surface area (Å²) in [6.45, 7) is 8.50. The number of benzene rings is 4. The van der Waals surface area contributed by atoms with Crippen LogP contribution in [0.2, 0.25) is 0 Å². The van der Waals surface area contributed by atoms with Crippen LogP contribution >= 0.6 is 0 Å². The van der Waals surface area contributed by atoms with Crippen LogP contribution in [0, 0.1) is 27.7 Å². The fraction of sp³-hybridized carbons (Fsp3) is 0.129. The van der Waals surface area contributed by atoms with Crippen molar-refractivity contribution in [2.24, 2.45) is 0 Å². The lowest BCUT2D eigenvalue weighted by Gasteiger charge is -2.11. The lowest BCUT2D eigenvalue weighted by atomic mass is 9.92. The smallest absolute Gasteiger partial charge is 0.0316 e. The van der Waals surface area contributed by atoms with Crippen LogP contribution in [0.4, 0.5) is 0 Å². The van der Waals surface area contributed by atoms with Gasteiger partial charge in [-0.1, -0.05) is 119 Å². The van der Waals surface area contributed by atoms with Crippen molar-refractivity contribution in [2.45, 2.75) is 27.7 Å². The minimum Gasteiger partial charge on any atom is -0.102 e. The van der Waals surface area contributed by atoms with E-state index in [4.69, 9.17) is 0 Å². The van der Waals surface area contributed by atoms with Crippen LogP contribution in [0.15, 0.2) is 103 Å². The van der Waals surface area contributed by atoms with E-state index in [1.807, 2.05) is 0 Å². The largest absolute Gasteiger partial charge is 0.102 e. The van der Waals surface area contributed by atoms with Crippen LogP contribution in [0.5, 0.6) is 0 Å². The van der Waals surface area contributed by atoms with E-state index in [-0.39, 0.29) is 0 Å². The third-order valence-corrected chi connectivity index (χ3v) is 5.61. The molecule has 0 unspecified atom stereocenters. The molecule has 0 aliphatic rings. The highest BCUT2D eigenvalue weighted by molar-refractivity contribution is 5.88. The quantitative estimate of drug-likeness (QED) is 0.304. The maximum absolute atomic E-state index is 3.83. The third kappa shape index (κ3) is 4.94. The highest BCUT2D eigenvalue weighted by Crippen LogP contribution is 2.29. The fourth-order valence-electron chi connectivity index (χ4n) is 3.63. The molecule has 0 aromatic heterocycles. The Hall–Kier alpha value is -3.60. The molecule has 4 aromatic carbocycles. The molecule has 0 aliphatic heterocycles. The van der Waals surface area contributed by atoms with Crippen molar-refractivity contribution in [1.82, 2.24) is 0 Å². The Kier molecular flexibility index (Phi) is 6.03. The first kappa shape index (κ1) is 20.7. The van der Waals surface area contributed by atoms with Gasteiger partial charge in [-0.05, 0) is 49.9 Å². The topological polar surface area (TPSA) is 0 Å². The first-order valence-corrected chi connectivity index (χ1v) is 10.8. The van der Waals surface area contributed by atoms with Crippen molar-refractivity contribution in [2.75, 3.05) is 0 Å². The van der Waals surface area contributed by atoms with Crippen molar-refractivity contribution in [3.05, 3.63) is 147 Å². The van der Waals surface area contributed by atoms with Gasteiger partial charge in [0.25, 0.3) is 0 Å². The van der Waals surface area contributed by atoms with Crippen LogP contribution in [0.3, 0.4) is 0 Å². The van der Waals surface area contributed by atoms with Gasteiger partial charge in [-0.2, -0.15) is 0 Å². The Labute approximate surface area is 186 Å². The van der Waals surface area contributed by atoms with E-state index in [9.17, 15) is 0 Å². The van der Waals surface area contributed by atoms with Crippen molar-refractivity contribution in [3.8, 4) is 0 Å². The standard InChI is InChI=1S/C31H28/c1-22-5-13-26(14-6-22)30(27-15-7-23(2)8-16-27)21-31(28-17-9-24(3)10-18-28)29-19-11-25(4)12-20-29/h5-20H,1-4H3. The van der Waals surface area contributed by atoms with Gasteiger partial charge < -0.3 is 0 Å². The van der Waals surface area contributed by atoms with Gasteiger partial charge in [0.15, 0.2) is 0 Å². The maximum Gasteiger partial charge on any atom is 0.0316 e. The zero-order chi connectivity index (χ0) is 21.8. The minimum atomic E-state index is 1.11. The molecule has 0 saturated carbocycles. The monoisotopic (exact) mass is 400 g/mol. The number of rotatable bonds is 4. The van der Waals surface area contributed by atoms with Gasteiger partial charge in [0.2, 0.25) is 0 Å².